The summed E-state index contributed by atoms with van der Waals surface area (Å²) in [6.07, 6.45) is 2.37. The molecule has 1 N–H and O–H groups in total. The molecule has 0 saturated carbocycles. The molecule has 156 valence electrons. The summed E-state index contributed by atoms with van der Waals surface area (Å²) in [6.45, 7) is 8.71. The van der Waals surface area contributed by atoms with Crippen molar-refractivity contribution in [1.29, 1.82) is 0 Å². The Bertz CT molecular complexity index is 552. The maximum atomic E-state index is 5.38. The van der Waals surface area contributed by atoms with Gasteiger partial charge in [0.15, 0.2) is 5.96 Å². The lowest BCUT2D eigenvalue weighted by Crippen LogP contribution is -2.39. The van der Waals surface area contributed by atoms with Crippen LogP contribution in [0, 0.1) is 0 Å². The van der Waals surface area contributed by atoms with Crippen LogP contribution in [0.25, 0.3) is 0 Å². The lowest BCUT2D eigenvalue weighted by atomic mass is 10.2. The number of rotatable bonds is 9. The molecule has 1 fully saturated rings. The molecule has 0 bridgehead atoms. The smallest absolute Gasteiger partial charge is 0.193 e. The van der Waals surface area contributed by atoms with Crippen molar-refractivity contribution in [2.45, 2.75) is 32.4 Å². The lowest BCUT2D eigenvalue weighted by Gasteiger charge is -2.26. The minimum atomic E-state index is 0. The van der Waals surface area contributed by atoms with E-state index in [1.165, 1.54) is 6.42 Å². The van der Waals surface area contributed by atoms with E-state index in [9.17, 15) is 0 Å². The molecule has 27 heavy (non-hydrogen) atoms. The Morgan fingerprint density at radius 3 is 2.85 bits per heavy atom. The summed E-state index contributed by atoms with van der Waals surface area (Å²) >= 11 is 1.64. The van der Waals surface area contributed by atoms with Crippen LogP contribution in [0.15, 0.2) is 10.4 Å². The van der Waals surface area contributed by atoms with E-state index in [1.807, 2.05) is 21.0 Å². The maximum absolute atomic E-state index is 5.38. The first kappa shape index (κ1) is 24.5. The van der Waals surface area contributed by atoms with E-state index >= 15 is 0 Å². The van der Waals surface area contributed by atoms with E-state index in [-0.39, 0.29) is 30.1 Å². The molecule has 0 amide bonds. The topological polar surface area (TPSA) is 62.2 Å². The Labute approximate surface area is 184 Å². The molecule has 0 aliphatic carbocycles. The molecule has 2 heterocycles. The molecule has 1 unspecified atom stereocenters. The Kier molecular flexibility index (Phi) is 12.4. The fourth-order valence-corrected chi connectivity index (χ4v) is 3.71. The highest BCUT2D eigenvalue weighted by molar-refractivity contribution is 14.0. The van der Waals surface area contributed by atoms with Gasteiger partial charge in [0.25, 0.3) is 0 Å². The maximum Gasteiger partial charge on any atom is 0.193 e. The van der Waals surface area contributed by atoms with Gasteiger partial charge < -0.3 is 19.7 Å². The first-order chi connectivity index (χ1) is 12.6. The van der Waals surface area contributed by atoms with Crippen molar-refractivity contribution in [2.75, 3.05) is 60.6 Å². The minimum absolute atomic E-state index is 0. The highest BCUT2D eigenvalue weighted by Gasteiger charge is 2.13. The fourth-order valence-electron chi connectivity index (χ4n) is 2.87. The van der Waals surface area contributed by atoms with Crippen molar-refractivity contribution >= 4 is 41.3 Å². The van der Waals surface area contributed by atoms with Gasteiger partial charge in [0.2, 0.25) is 0 Å². The quantitative estimate of drug-likeness (QED) is 0.238. The number of hydrogen-bond acceptors (Lipinski definition) is 6. The second-order valence-electron chi connectivity index (χ2n) is 6.55. The average molecular weight is 511 g/mol. The van der Waals surface area contributed by atoms with Gasteiger partial charge in [-0.2, -0.15) is 0 Å². The van der Waals surface area contributed by atoms with E-state index in [1.54, 1.807) is 18.4 Å². The minimum Gasteiger partial charge on any atom is -0.379 e. The highest BCUT2D eigenvalue weighted by atomic mass is 127. The number of ether oxygens (including phenoxy) is 2. The molecule has 0 radical (unpaired) electrons. The zero-order chi connectivity index (χ0) is 18.8. The number of halogens is 1. The van der Waals surface area contributed by atoms with Crippen LogP contribution in [-0.4, -0.2) is 81.3 Å². The Morgan fingerprint density at radius 1 is 1.44 bits per heavy atom. The molecular weight excluding hydrogens is 477 g/mol. The molecule has 1 aromatic heterocycles. The normalized spacial score (nSPS) is 16.7. The molecule has 1 saturated heterocycles. The van der Waals surface area contributed by atoms with Crippen molar-refractivity contribution < 1.29 is 9.47 Å². The lowest BCUT2D eigenvalue weighted by molar-refractivity contribution is 0.0372. The van der Waals surface area contributed by atoms with Crippen molar-refractivity contribution in [2.24, 2.45) is 4.99 Å². The molecular formula is C18H34IN5O2S. The first-order valence-electron chi connectivity index (χ1n) is 9.33. The molecule has 1 aliphatic heterocycles. The Balaban J connectivity index is 0.00000364. The first-order valence-corrected chi connectivity index (χ1v) is 10.2. The number of aliphatic imine (C=N–C) groups is 1. The third kappa shape index (κ3) is 8.59. The number of morpholine rings is 1. The van der Waals surface area contributed by atoms with Gasteiger partial charge in [-0.25, -0.2) is 4.98 Å². The summed E-state index contributed by atoms with van der Waals surface area (Å²) in [4.78, 5) is 13.6. The highest BCUT2D eigenvalue weighted by Crippen LogP contribution is 2.20. The molecule has 0 spiro atoms. The molecule has 9 heteroatoms. The van der Waals surface area contributed by atoms with Crippen molar-refractivity contribution in [1.82, 2.24) is 20.1 Å². The largest absolute Gasteiger partial charge is 0.379 e. The van der Waals surface area contributed by atoms with Crippen LogP contribution >= 0.6 is 35.3 Å². The van der Waals surface area contributed by atoms with Gasteiger partial charge >= 0.3 is 0 Å². The standard InChI is InChI=1S/C18H33N5O2S.HI/c1-15(24-4)17-21-16(14-26-17)13-22(3)18(19-2)20-7-5-6-8-23-9-11-25-12-10-23;/h14-15H,5-13H2,1-4H3,(H,19,20);1H. The second kappa shape index (κ2) is 13.6. The fraction of sp³-hybridized carbons (Fsp3) is 0.778. The second-order valence-corrected chi connectivity index (χ2v) is 7.44. The van der Waals surface area contributed by atoms with E-state index in [0.717, 1.165) is 69.0 Å². The summed E-state index contributed by atoms with van der Waals surface area (Å²) < 4.78 is 10.7. The molecule has 1 atom stereocenters. The summed E-state index contributed by atoms with van der Waals surface area (Å²) in [7, 11) is 5.58. The number of unbranched alkanes of at least 4 members (excludes halogenated alkanes) is 1. The van der Waals surface area contributed by atoms with Gasteiger partial charge in [0.1, 0.15) is 11.1 Å². The van der Waals surface area contributed by atoms with Gasteiger partial charge in [-0.05, 0) is 26.3 Å². The number of nitrogens with one attached hydrogen (secondary N) is 1. The molecule has 1 aliphatic rings. The molecule has 7 nitrogen and oxygen atoms in total. The predicted molar refractivity (Wildman–Crippen MR) is 122 cm³/mol. The monoisotopic (exact) mass is 511 g/mol. The zero-order valence-electron chi connectivity index (χ0n) is 16.9. The summed E-state index contributed by atoms with van der Waals surface area (Å²) in [6, 6.07) is 0. The van der Waals surface area contributed by atoms with Crippen molar-refractivity contribution in [3.63, 3.8) is 0 Å². The van der Waals surface area contributed by atoms with Crippen LogP contribution in [0.5, 0.6) is 0 Å². The zero-order valence-corrected chi connectivity index (χ0v) is 20.1. The number of methoxy groups -OCH3 is 1. The number of aromatic nitrogens is 1. The van der Waals surface area contributed by atoms with Crippen LogP contribution in [-0.2, 0) is 16.0 Å². The predicted octanol–water partition coefficient (Wildman–Crippen LogP) is 2.59. The third-order valence-corrected chi connectivity index (χ3v) is 5.59. The van der Waals surface area contributed by atoms with Gasteiger partial charge in [-0.3, -0.25) is 9.89 Å². The molecule has 2 rings (SSSR count). The number of guanidine groups is 1. The van der Waals surface area contributed by atoms with E-state index in [4.69, 9.17) is 9.47 Å². The third-order valence-electron chi connectivity index (χ3n) is 4.53. The van der Waals surface area contributed by atoms with Crippen molar-refractivity contribution in [3.05, 3.63) is 16.1 Å². The Hall–Kier alpha value is -0.490. The number of hydrogen-bond donors (Lipinski definition) is 1. The summed E-state index contributed by atoms with van der Waals surface area (Å²) in [5, 5.41) is 6.56. The van der Waals surface area contributed by atoms with Crippen molar-refractivity contribution in [3.8, 4) is 0 Å². The van der Waals surface area contributed by atoms with Crippen LogP contribution in [0.1, 0.15) is 36.6 Å². The molecule has 0 aromatic carbocycles. The van der Waals surface area contributed by atoms with Gasteiger partial charge in [-0.1, -0.05) is 0 Å². The molecule has 1 aromatic rings. The number of thiazole rings is 1. The van der Waals surface area contributed by atoms with Gasteiger partial charge in [0.05, 0.1) is 25.5 Å². The van der Waals surface area contributed by atoms with Crippen LogP contribution in [0.4, 0.5) is 0 Å². The van der Waals surface area contributed by atoms with E-state index in [0.29, 0.717) is 0 Å². The van der Waals surface area contributed by atoms with E-state index in [2.05, 4.69) is 30.5 Å². The number of nitrogens with zero attached hydrogens (tertiary/aromatic N) is 4. The SMILES string of the molecule is CN=C(NCCCCN1CCOCC1)N(C)Cc1csc(C(C)OC)n1.I. The Morgan fingerprint density at radius 2 is 2.19 bits per heavy atom. The van der Waals surface area contributed by atoms with Crippen LogP contribution < -0.4 is 5.32 Å². The van der Waals surface area contributed by atoms with Crippen LogP contribution in [0.2, 0.25) is 0 Å². The average Bonchev–Trinajstić information content (AvgIpc) is 3.13. The van der Waals surface area contributed by atoms with Crippen LogP contribution in [0.3, 0.4) is 0 Å². The van der Waals surface area contributed by atoms with E-state index < -0.39 is 0 Å². The van der Waals surface area contributed by atoms with Gasteiger partial charge in [-0.15, -0.1) is 35.3 Å². The summed E-state index contributed by atoms with van der Waals surface area (Å²) in [5.74, 6) is 0.908. The summed E-state index contributed by atoms with van der Waals surface area (Å²) in [5.41, 5.74) is 1.05. The van der Waals surface area contributed by atoms with Gasteiger partial charge in [0, 0.05) is 46.2 Å².